The molecular weight excluding hydrogens is 1700 g/mol. The number of esters is 6. The molecule has 0 spiro atoms. The van der Waals surface area contributed by atoms with Crippen LogP contribution in [0.25, 0.3) is 0 Å². The normalized spacial score (nSPS) is 21.6. The number of benzene rings is 1. The van der Waals surface area contributed by atoms with Crippen molar-refractivity contribution in [2.24, 2.45) is 88.1 Å². The minimum Gasteiger partial charge on any atom is -1.00 e. The van der Waals surface area contributed by atoms with Crippen LogP contribution in [-0.2, 0) is 92.4 Å². The van der Waals surface area contributed by atoms with Gasteiger partial charge in [-0.15, -0.1) is 0 Å². The molecule has 5 aliphatic heterocycles. The smallest absolute Gasteiger partial charge is 1.00 e. The summed E-state index contributed by atoms with van der Waals surface area (Å²) >= 11 is 0. The Morgan fingerprint density at radius 2 is 1.05 bits per heavy atom. The Morgan fingerprint density at radius 3 is 1.45 bits per heavy atom. The van der Waals surface area contributed by atoms with Crippen LogP contribution in [0, 0.1) is 88.2 Å². The number of rotatable bonds is 32. The van der Waals surface area contributed by atoms with Crippen molar-refractivity contribution in [2.75, 3.05) is 197 Å². The van der Waals surface area contributed by atoms with Gasteiger partial charge in [-0.1, -0.05) is 143 Å². The van der Waals surface area contributed by atoms with Gasteiger partial charge in [0.15, 0.2) is 0 Å². The van der Waals surface area contributed by atoms with E-state index in [1.807, 2.05) is 86.6 Å². The molecule has 1 aliphatic carbocycles. The molecular formula is C96H181FLiN13O21. The van der Waals surface area contributed by atoms with Crippen molar-refractivity contribution in [2.45, 2.75) is 231 Å². The molecule has 7 unspecified atom stereocenters. The second-order valence-electron chi connectivity index (χ2n) is 37.8. The molecule has 5 heterocycles. The van der Waals surface area contributed by atoms with Crippen molar-refractivity contribution in [3.63, 3.8) is 0 Å². The summed E-state index contributed by atoms with van der Waals surface area (Å²) < 4.78 is 41.2. The van der Waals surface area contributed by atoms with Crippen molar-refractivity contribution in [1.82, 2.24) is 60.9 Å². The number of methoxy groups -OCH3 is 6. The summed E-state index contributed by atoms with van der Waals surface area (Å²) in [7, 11) is 23.7. The Balaban J connectivity index is -0.000000500. The van der Waals surface area contributed by atoms with E-state index >= 15 is 0 Å². The Kier molecular flexibility index (Phi) is 70.9. The van der Waals surface area contributed by atoms with E-state index in [-0.39, 0.29) is 164 Å². The largest absolute Gasteiger partial charge is 1.00 e. The molecule has 5 saturated heterocycles. The topological polar surface area (TPSA) is 430 Å². The molecule has 764 valence electrons. The number of ether oxygens (including phenoxy) is 6. The van der Waals surface area contributed by atoms with Crippen LogP contribution < -0.4 is 51.2 Å². The average molecular weight is 1880 g/mol. The van der Waals surface area contributed by atoms with E-state index in [9.17, 15) is 61.9 Å². The molecule has 0 bridgehead atoms. The molecule has 0 radical (unpaired) electrons. The Labute approximate surface area is 806 Å². The van der Waals surface area contributed by atoms with Crippen LogP contribution in [0.1, 0.15) is 189 Å². The van der Waals surface area contributed by atoms with Gasteiger partial charge in [-0.3, -0.25) is 83.2 Å². The van der Waals surface area contributed by atoms with Crippen LogP contribution in [0.15, 0.2) is 24.3 Å². The van der Waals surface area contributed by atoms with Gasteiger partial charge in [0.2, 0.25) is 11.8 Å². The van der Waals surface area contributed by atoms with Crippen LogP contribution in [0.2, 0.25) is 0 Å². The summed E-state index contributed by atoms with van der Waals surface area (Å²) in [6, 6.07) is 4.65. The molecule has 2 amide bonds. The molecule has 1 saturated carbocycles. The van der Waals surface area contributed by atoms with Gasteiger partial charge in [-0.2, -0.15) is 0 Å². The number of nitrogens with one attached hydrogen (secondary N) is 5. The zero-order valence-electron chi connectivity index (χ0n) is 87.0. The number of carbonyl (C=O) groups excluding carboxylic acids is 11. The quantitative estimate of drug-likeness (QED) is 0.0153. The summed E-state index contributed by atoms with van der Waals surface area (Å²) in [5.41, 5.74) is 5.61. The molecule has 7 rings (SSSR count). The van der Waals surface area contributed by atoms with E-state index in [0.717, 1.165) is 76.9 Å². The SMILES string of the molecule is C.CC(=O)C1(C2CCCCC2)CCN(C(=O)[C@@H](Cc2ccc(F)cc2)NC(=O)[C@H]2CN(C)CC(C(C)C)N2C)CC1.CC(C)C1C[C@@H](C(=O)O)CN(C)C1.CC[C@@H](C)C(=O)OC.CNC(CN(C)CC(=O)C(C)C)C(=O)OC.CNC(CNCC(=O)C(C)C)C(=O)OC.COC(=O)C1CN(C)CC(C(C)C)N1.COC(=O)[C@@H]1CC(C(C)C)CN(C)C1.COC(=O)[C@H](C)CN.OO.[H-].[Li+]. The molecule has 132 heavy (non-hydrogen) atoms. The number of hydrogen-bond acceptors (Lipinski definition) is 31. The number of Topliss-reactive ketones (excluding diaryl/α,β-unsaturated/α-hetero) is 3. The first-order valence-corrected chi connectivity index (χ1v) is 46.4. The number of nitrogens with two attached hydrogens (primary N) is 1. The third-order valence-corrected chi connectivity index (χ3v) is 25.6. The third-order valence-electron chi connectivity index (χ3n) is 25.6. The van der Waals surface area contributed by atoms with Gasteiger partial charge in [0, 0.05) is 121 Å². The van der Waals surface area contributed by atoms with Crippen molar-refractivity contribution in [3.05, 3.63) is 35.6 Å². The van der Waals surface area contributed by atoms with Gasteiger partial charge in [0.05, 0.1) is 79.4 Å². The number of likely N-dealkylation sites (tertiary alicyclic amines) is 3. The van der Waals surface area contributed by atoms with Gasteiger partial charge in [0.1, 0.15) is 53.4 Å². The van der Waals surface area contributed by atoms with Crippen molar-refractivity contribution >= 4 is 70.9 Å². The molecule has 1 aromatic carbocycles. The van der Waals surface area contributed by atoms with Crippen molar-refractivity contribution < 1.29 is 126 Å². The molecule has 10 N–H and O–H groups in total. The summed E-state index contributed by atoms with van der Waals surface area (Å²) in [5.74, 6) is 1.65. The first kappa shape index (κ1) is 132. The first-order chi connectivity index (χ1) is 61.0. The number of ketones is 3. The van der Waals surface area contributed by atoms with Gasteiger partial charge in [0.25, 0.3) is 0 Å². The first-order valence-electron chi connectivity index (χ1n) is 46.4. The van der Waals surface area contributed by atoms with E-state index in [0.29, 0.717) is 119 Å². The predicted octanol–water partition coefficient (Wildman–Crippen LogP) is 4.86. The Hall–Kier alpha value is -6.53. The number of amides is 2. The van der Waals surface area contributed by atoms with Crippen molar-refractivity contribution in [1.29, 1.82) is 0 Å². The number of hydrogen-bond donors (Lipinski definition) is 9. The summed E-state index contributed by atoms with van der Waals surface area (Å²) in [5, 5.41) is 35.9. The Bertz CT molecular complexity index is 3370. The van der Waals surface area contributed by atoms with Crippen LogP contribution in [0.4, 0.5) is 4.39 Å². The van der Waals surface area contributed by atoms with Crippen LogP contribution in [0.3, 0.4) is 0 Å². The van der Waals surface area contributed by atoms with Crippen LogP contribution >= 0.6 is 0 Å². The molecule has 1 aromatic rings. The molecule has 36 heteroatoms. The van der Waals surface area contributed by atoms with Gasteiger partial charge in [-0.05, 0) is 167 Å². The maximum absolute atomic E-state index is 14.0. The number of carboxylic acid groups (broad SMARTS) is 1. The van der Waals surface area contributed by atoms with E-state index in [4.69, 9.17) is 30.8 Å². The fraction of sp³-hybridized carbons (Fsp3) is 0.812. The third kappa shape index (κ3) is 49.5. The number of carboxylic acids is 1. The second kappa shape index (κ2) is 71.0. The second-order valence-corrected chi connectivity index (χ2v) is 37.8. The van der Waals surface area contributed by atoms with E-state index in [1.165, 1.54) is 74.1 Å². The number of likely N-dealkylation sites (N-methyl/N-ethyl adjacent to an activating group) is 6. The summed E-state index contributed by atoms with van der Waals surface area (Å²) in [6.07, 6.45) is 10.1. The number of nitrogens with zero attached hydrogens (tertiary/aromatic N) is 7. The number of halogens is 1. The average Bonchev–Trinajstić information content (AvgIpc) is 0.777. The molecule has 6 fully saturated rings. The maximum Gasteiger partial charge on any atom is 1.00 e. The molecule has 13 atom stereocenters. The summed E-state index contributed by atoms with van der Waals surface area (Å²) in [6.45, 7) is 41.9. The Morgan fingerprint density at radius 1 is 0.583 bits per heavy atom. The minimum absolute atomic E-state index is 0. The molecule has 34 nitrogen and oxygen atoms in total. The van der Waals surface area contributed by atoms with E-state index in [1.54, 1.807) is 40.1 Å². The van der Waals surface area contributed by atoms with Gasteiger partial charge < -0.3 is 86.5 Å². The number of carbonyl (C=O) groups is 12. The van der Waals surface area contributed by atoms with Gasteiger partial charge >= 0.3 is 60.6 Å². The maximum atomic E-state index is 14.0. The van der Waals surface area contributed by atoms with Gasteiger partial charge in [-0.25, -0.2) is 4.39 Å². The van der Waals surface area contributed by atoms with Crippen molar-refractivity contribution in [3.8, 4) is 0 Å². The zero-order chi connectivity index (χ0) is 100. The standard InChI is InChI=1S/C32H49FN4O3.C11H22N2O3.C11H21NO2.C10H20N2O3.C10H20N2O2.C10H19NO2.C6H12O2.C5H11NO2.CH4.Li.H2O2.H/c1-22(2)28-20-35(4)21-29(36(28)5)30(39)34-27(19-24-11-13-26(33)14-12-24)31(40)37-17-15-32(16-18-37,23(3)38)25-9-7-6-8-10-25;1-8(2)10(14)7-13(4)6-9(12-3)11(15)16-5;1-8(2)9-5-10(11(13)14-4)7-12(3)6-9;1-7(2)9(13)6-12-5-8(11-3)10(14)15-4;1-7(2)8-5-12(3)6-9(11-8)10(13)14-4;1-7(2)8-4-9(10(12)13)6-11(3)5-8;1-4-5(2)6(7)8-3;1-4(3-6)5(7)8-2;;;1-2;/h11-14,22,25,27-29H,6-10,15-21H2,1-5H3,(H,34,39);8-9,12H,6-7H2,1-5H3;8-10H,5-7H2,1-4H3;7-8,11-12H,5-6H2,1-4H3;7-9,11H,5-6H2,1-4H3;7-9H,4-6H2,1-3H3,(H,12,13);5H,4H2,1-3H3;4H,3,6H2,1-2H3;1H4;;1-2H;/q;;;;;;;;;+1;;-1/t27-,28?,29-;;9?,10-;;;8?,9-;5-;4-;;;;/m1.1..111..../s1. The minimum atomic E-state index is -0.754. The molecule has 6 aliphatic rings. The fourth-order valence-corrected chi connectivity index (χ4v) is 16.4. The van der Waals surface area contributed by atoms with E-state index < -0.39 is 24.1 Å². The van der Waals surface area contributed by atoms with Crippen LogP contribution in [-0.4, -0.2) is 360 Å². The number of piperidine rings is 3. The monoisotopic (exact) mass is 1880 g/mol. The predicted molar refractivity (Wildman–Crippen MR) is 512 cm³/mol. The number of piperazine rings is 2. The number of aliphatic carboxylic acids is 1. The summed E-state index contributed by atoms with van der Waals surface area (Å²) in [4.78, 5) is 155. The molecule has 0 aromatic heterocycles. The zero-order valence-corrected chi connectivity index (χ0v) is 86.0. The van der Waals surface area contributed by atoms with E-state index in [2.05, 4.69) is 132 Å². The van der Waals surface area contributed by atoms with Crippen LogP contribution in [0.5, 0.6) is 0 Å². The fourth-order valence-electron chi connectivity index (χ4n) is 16.4.